The molecule has 7 nitrogen and oxygen atoms in total. The predicted molar refractivity (Wildman–Crippen MR) is 91.9 cm³/mol. The summed E-state index contributed by atoms with van der Waals surface area (Å²) in [6.45, 7) is 5.23. The molecule has 8 heteroatoms. The Morgan fingerprint density at radius 1 is 1.15 bits per heavy atom. The summed E-state index contributed by atoms with van der Waals surface area (Å²) in [4.78, 5) is 27.4. The first kappa shape index (κ1) is 19.2. The molecule has 1 amide bonds. The average molecular weight is 362 g/mol. The van der Waals surface area contributed by atoms with Crippen LogP contribution >= 0.6 is 0 Å². The number of methoxy groups -OCH3 is 1. The number of esters is 1. The fourth-order valence-corrected chi connectivity index (χ4v) is 1.91. The van der Waals surface area contributed by atoms with Gasteiger partial charge in [-0.15, -0.1) is 0 Å². The molecule has 1 N–H and O–H groups in total. The van der Waals surface area contributed by atoms with Crippen LogP contribution in [0.3, 0.4) is 0 Å². The van der Waals surface area contributed by atoms with Gasteiger partial charge in [0.1, 0.15) is 34.3 Å². The molecule has 0 radical (unpaired) electrons. The van der Waals surface area contributed by atoms with Gasteiger partial charge in [0.05, 0.1) is 13.3 Å². The third kappa shape index (κ3) is 5.44. The first-order chi connectivity index (χ1) is 12.2. The van der Waals surface area contributed by atoms with Gasteiger partial charge in [-0.2, -0.15) is 0 Å². The Balaban J connectivity index is 2.11. The molecule has 1 aromatic heterocycles. The Labute approximate surface area is 150 Å². The summed E-state index contributed by atoms with van der Waals surface area (Å²) in [6, 6.07) is 6.45. The number of hydrogen-bond acceptors (Lipinski definition) is 6. The Kier molecular flexibility index (Phi) is 5.76. The Bertz CT molecular complexity index is 800. The van der Waals surface area contributed by atoms with Gasteiger partial charge in [0.25, 0.3) is 0 Å². The van der Waals surface area contributed by atoms with Crippen molar-refractivity contribution in [2.75, 3.05) is 12.4 Å². The number of aromatic nitrogens is 1. The zero-order chi connectivity index (χ0) is 19.3. The van der Waals surface area contributed by atoms with Crippen molar-refractivity contribution in [3.63, 3.8) is 0 Å². The number of rotatable bonds is 4. The molecule has 0 bridgehead atoms. The van der Waals surface area contributed by atoms with E-state index in [1.165, 1.54) is 31.5 Å². The van der Waals surface area contributed by atoms with Crippen molar-refractivity contribution < 1.29 is 28.2 Å². The van der Waals surface area contributed by atoms with E-state index in [2.05, 4.69) is 15.0 Å². The number of carbonyl (C=O) groups is 2. The van der Waals surface area contributed by atoms with E-state index in [4.69, 9.17) is 9.47 Å². The lowest BCUT2D eigenvalue weighted by Gasteiger charge is -2.19. The second-order valence-electron chi connectivity index (χ2n) is 6.24. The van der Waals surface area contributed by atoms with Gasteiger partial charge >= 0.3 is 12.1 Å². The van der Waals surface area contributed by atoms with E-state index in [9.17, 15) is 14.0 Å². The fourth-order valence-electron chi connectivity index (χ4n) is 1.91. The number of nitrogens with zero attached hydrogens (tertiary/aromatic N) is 1. The topological polar surface area (TPSA) is 86.8 Å². The van der Waals surface area contributed by atoms with Gasteiger partial charge in [0.15, 0.2) is 0 Å². The van der Waals surface area contributed by atoms with Crippen LogP contribution in [0.5, 0.6) is 11.5 Å². The number of amides is 1. The van der Waals surface area contributed by atoms with Gasteiger partial charge in [-0.1, -0.05) is 0 Å². The molecule has 0 aliphatic heterocycles. The van der Waals surface area contributed by atoms with Crippen LogP contribution in [0, 0.1) is 5.82 Å². The molecule has 1 aromatic carbocycles. The summed E-state index contributed by atoms with van der Waals surface area (Å²) < 4.78 is 28.7. The lowest BCUT2D eigenvalue weighted by molar-refractivity contribution is 0.0595. The average Bonchev–Trinajstić information content (AvgIpc) is 2.54. The number of carbonyl (C=O) groups excluding carboxylic acids is 2. The number of hydrogen-bond donors (Lipinski definition) is 1. The highest BCUT2D eigenvalue weighted by Crippen LogP contribution is 2.27. The summed E-state index contributed by atoms with van der Waals surface area (Å²) in [6.07, 6.45) is 0.676. The molecule has 0 aliphatic rings. The van der Waals surface area contributed by atoms with Crippen molar-refractivity contribution in [2.24, 2.45) is 0 Å². The van der Waals surface area contributed by atoms with Crippen LogP contribution < -0.4 is 10.1 Å². The molecular weight excluding hydrogens is 343 g/mol. The van der Waals surface area contributed by atoms with E-state index >= 15 is 0 Å². The first-order valence-corrected chi connectivity index (χ1v) is 7.70. The molecule has 2 rings (SSSR count). The van der Waals surface area contributed by atoms with Crippen LogP contribution in [-0.2, 0) is 9.47 Å². The molecule has 0 atom stereocenters. The lowest BCUT2D eigenvalue weighted by Crippen LogP contribution is -2.27. The van der Waals surface area contributed by atoms with Crippen LogP contribution in [0.2, 0.25) is 0 Å². The molecule has 0 aliphatic carbocycles. The maximum Gasteiger partial charge on any atom is 0.413 e. The van der Waals surface area contributed by atoms with E-state index in [0.717, 1.165) is 12.1 Å². The summed E-state index contributed by atoms with van der Waals surface area (Å²) >= 11 is 0. The van der Waals surface area contributed by atoms with Gasteiger partial charge in [0, 0.05) is 6.07 Å². The molecule has 0 saturated carbocycles. The number of halogens is 1. The number of ether oxygens (including phenoxy) is 3. The van der Waals surface area contributed by atoms with E-state index in [-0.39, 0.29) is 22.9 Å². The highest BCUT2D eigenvalue weighted by atomic mass is 19.1. The maximum absolute atomic E-state index is 13.5. The third-order valence-corrected chi connectivity index (χ3v) is 2.94. The van der Waals surface area contributed by atoms with Crippen molar-refractivity contribution in [1.82, 2.24) is 4.98 Å². The van der Waals surface area contributed by atoms with Gasteiger partial charge < -0.3 is 14.2 Å². The Morgan fingerprint density at radius 3 is 2.46 bits per heavy atom. The Hall–Kier alpha value is -3.16. The minimum absolute atomic E-state index is 0.00787. The van der Waals surface area contributed by atoms with Crippen LogP contribution in [-0.4, -0.2) is 29.8 Å². The summed E-state index contributed by atoms with van der Waals surface area (Å²) in [5.41, 5.74) is -0.556. The van der Waals surface area contributed by atoms with E-state index in [0.29, 0.717) is 0 Å². The van der Waals surface area contributed by atoms with Crippen LogP contribution in [0.4, 0.5) is 15.0 Å². The SMILES string of the molecule is COC(=O)c1ccc(F)cc1Oc1ccc(NC(=O)OC(C)(C)C)nc1. The third-order valence-electron chi connectivity index (χ3n) is 2.94. The summed E-state index contributed by atoms with van der Waals surface area (Å²) in [5, 5.41) is 2.48. The molecular formula is C18H19FN2O5. The quantitative estimate of drug-likeness (QED) is 0.823. The van der Waals surface area contributed by atoms with Crippen molar-refractivity contribution >= 4 is 17.9 Å². The van der Waals surface area contributed by atoms with Crippen LogP contribution in [0.25, 0.3) is 0 Å². The van der Waals surface area contributed by atoms with Gasteiger partial charge in [-0.25, -0.2) is 19.0 Å². The molecule has 26 heavy (non-hydrogen) atoms. The minimum Gasteiger partial charge on any atom is -0.465 e. The number of anilines is 1. The van der Waals surface area contributed by atoms with Gasteiger partial charge in [-0.05, 0) is 45.0 Å². The molecule has 138 valence electrons. The monoisotopic (exact) mass is 362 g/mol. The lowest BCUT2D eigenvalue weighted by atomic mass is 10.2. The minimum atomic E-state index is -0.656. The molecule has 2 aromatic rings. The molecule has 0 fully saturated rings. The zero-order valence-corrected chi connectivity index (χ0v) is 14.8. The van der Waals surface area contributed by atoms with Crippen molar-refractivity contribution in [3.8, 4) is 11.5 Å². The maximum atomic E-state index is 13.5. The first-order valence-electron chi connectivity index (χ1n) is 7.70. The second kappa shape index (κ2) is 7.81. The Morgan fingerprint density at radius 2 is 1.88 bits per heavy atom. The number of benzene rings is 1. The molecule has 0 spiro atoms. The highest BCUT2D eigenvalue weighted by Gasteiger charge is 2.17. The van der Waals surface area contributed by atoms with E-state index < -0.39 is 23.5 Å². The van der Waals surface area contributed by atoms with Crippen LogP contribution in [0.1, 0.15) is 31.1 Å². The zero-order valence-electron chi connectivity index (χ0n) is 14.8. The van der Waals surface area contributed by atoms with Crippen LogP contribution in [0.15, 0.2) is 36.5 Å². The smallest absolute Gasteiger partial charge is 0.413 e. The van der Waals surface area contributed by atoms with Gasteiger partial charge in [0.2, 0.25) is 0 Å². The fraction of sp³-hybridized carbons (Fsp3) is 0.278. The summed E-state index contributed by atoms with van der Waals surface area (Å²) in [5.74, 6) is -0.735. The predicted octanol–water partition coefficient (Wildman–Crippen LogP) is 4.15. The standard InChI is InChI=1S/C18H19FN2O5/c1-18(2,3)26-17(23)21-15-8-6-12(10-20-15)25-14-9-11(19)5-7-13(14)16(22)24-4/h5-10H,1-4H3,(H,20,21,23). The molecule has 0 saturated heterocycles. The molecule has 0 unspecified atom stereocenters. The summed E-state index contributed by atoms with van der Waals surface area (Å²) in [7, 11) is 1.22. The van der Waals surface area contributed by atoms with E-state index in [1.54, 1.807) is 20.8 Å². The highest BCUT2D eigenvalue weighted by molar-refractivity contribution is 5.92. The second-order valence-corrected chi connectivity index (χ2v) is 6.24. The molecule has 1 heterocycles. The van der Waals surface area contributed by atoms with E-state index in [1.807, 2.05) is 0 Å². The number of nitrogens with one attached hydrogen (secondary N) is 1. The van der Waals surface area contributed by atoms with Crippen molar-refractivity contribution in [2.45, 2.75) is 26.4 Å². The normalized spacial score (nSPS) is 10.8. The number of pyridine rings is 1. The van der Waals surface area contributed by atoms with Gasteiger partial charge in [-0.3, -0.25) is 5.32 Å². The largest absolute Gasteiger partial charge is 0.465 e. The van der Waals surface area contributed by atoms with Crippen molar-refractivity contribution in [1.29, 1.82) is 0 Å². The van der Waals surface area contributed by atoms with Crippen molar-refractivity contribution in [3.05, 3.63) is 47.9 Å².